The Labute approximate surface area is 64.0 Å². The molecule has 0 saturated carbocycles. The van der Waals surface area contributed by atoms with Gasteiger partial charge in [0, 0.05) is 18.8 Å². The Morgan fingerprint density at radius 1 is 1.30 bits per heavy atom. The molecule has 0 spiro atoms. The molecule has 0 amide bonds. The molecular weight excluding hydrogens is 122 g/mol. The second-order valence-electron chi connectivity index (χ2n) is 2.71. The number of likely N-dealkylation sites (N-methyl/N-ethyl adjacent to an activating group) is 1. The van der Waals surface area contributed by atoms with Gasteiger partial charge in [-0.25, -0.2) is 0 Å². The van der Waals surface area contributed by atoms with Crippen molar-refractivity contribution >= 4 is 0 Å². The molecule has 1 heteroatoms. The summed E-state index contributed by atoms with van der Waals surface area (Å²) in [5.74, 6) is 0. The highest BCUT2D eigenvalue weighted by molar-refractivity contribution is 4.98. The number of allylic oxidation sites excluding steroid dienone is 1. The fourth-order valence-electron chi connectivity index (χ4n) is 0.842. The molecule has 58 valence electrons. The highest BCUT2D eigenvalue weighted by atomic mass is 15.1. The standard InChI is InChI=1S/C9H17N/c1-6-10(9(4)5)7-8(2)3/h2,4,6-7H2,1,3,5H3. The van der Waals surface area contributed by atoms with Crippen molar-refractivity contribution in [2.24, 2.45) is 0 Å². The quantitative estimate of drug-likeness (QED) is 0.541. The van der Waals surface area contributed by atoms with Gasteiger partial charge in [-0.2, -0.15) is 0 Å². The maximum atomic E-state index is 3.86. The molecule has 0 aliphatic rings. The Bertz CT molecular complexity index is 136. The molecule has 0 atom stereocenters. The molecule has 0 rings (SSSR count). The van der Waals surface area contributed by atoms with E-state index in [1.807, 2.05) is 13.8 Å². The maximum Gasteiger partial charge on any atom is 0.0380 e. The summed E-state index contributed by atoms with van der Waals surface area (Å²) in [6.07, 6.45) is 0. The van der Waals surface area contributed by atoms with Crippen LogP contribution in [0, 0.1) is 0 Å². The summed E-state index contributed by atoms with van der Waals surface area (Å²) in [6.45, 7) is 15.8. The molecule has 0 saturated heterocycles. The van der Waals surface area contributed by atoms with Crippen LogP contribution >= 0.6 is 0 Å². The first kappa shape index (κ1) is 9.28. The Morgan fingerprint density at radius 3 is 1.90 bits per heavy atom. The monoisotopic (exact) mass is 139 g/mol. The summed E-state index contributed by atoms with van der Waals surface area (Å²) < 4.78 is 0. The average molecular weight is 139 g/mol. The zero-order valence-corrected chi connectivity index (χ0v) is 7.28. The van der Waals surface area contributed by atoms with Crippen molar-refractivity contribution in [1.82, 2.24) is 4.90 Å². The molecule has 1 nitrogen and oxygen atoms in total. The summed E-state index contributed by atoms with van der Waals surface area (Å²) in [6, 6.07) is 0. The molecule has 0 unspecified atom stereocenters. The third-order valence-electron chi connectivity index (χ3n) is 1.38. The van der Waals surface area contributed by atoms with E-state index in [9.17, 15) is 0 Å². The van der Waals surface area contributed by atoms with Gasteiger partial charge in [-0.3, -0.25) is 0 Å². The van der Waals surface area contributed by atoms with E-state index in [-0.39, 0.29) is 0 Å². The zero-order valence-electron chi connectivity index (χ0n) is 7.28. The molecule has 0 bridgehead atoms. The van der Waals surface area contributed by atoms with Crippen molar-refractivity contribution in [2.75, 3.05) is 13.1 Å². The van der Waals surface area contributed by atoms with Crippen LogP contribution < -0.4 is 0 Å². The van der Waals surface area contributed by atoms with Crippen LogP contribution in [-0.2, 0) is 0 Å². The van der Waals surface area contributed by atoms with Gasteiger partial charge in [0.05, 0.1) is 0 Å². The van der Waals surface area contributed by atoms with Gasteiger partial charge < -0.3 is 4.90 Å². The highest BCUT2D eigenvalue weighted by Gasteiger charge is 1.98. The number of nitrogens with zero attached hydrogens (tertiary/aromatic N) is 1. The summed E-state index contributed by atoms with van der Waals surface area (Å²) in [5, 5.41) is 0. The second-order valence-corrected chi connectivity index (χ2v) is 2.71. The third-order valence-corrected chi connectivity index (χ3v) is 1.38. The summed E-state index contributed by atoms with van der Waals surface area (Å²) in [5.41, 5.74) is 2.30. The smallest absolute Gasteiger partial charge is 0.0380 e. The fraction of sp³-hybridized carbons (Fsp3) is 0.556. The minimum absolute atomic E-state index is 0.936. The predicted octanol–water partition coefficient (Wildman–Crippen LogP) is 2.42. The lowest BCUT2D eigenvalue weighted by Crippen LogP contribution is -2.22. The number of hydrogen-bond acceptors (Lipinski definition) is 1. The van der Waals surface area contributed by atoms with Crippen LogP contribution in [-0.4, -0.2) is 18.0 Å². The predicted molar refractivity (Wildman–Crippen MR) is 46.9 cm³/mol. The van der Waals surface area contributed by atoms with Crippen LogP contribution in [0.5, 0.6) is 0 Å². The Morgan fingerprint density at radius 2 is 1.80 bits per heavy atom. The maximum absolute atomic E-state index is 3.86. The van der Waals surface area contributed by atoms with Crippen LogP contribution in [0.3, 0.4) is 0 Å². The lowest BCUT2D eigenvalue weighted by Gasteiger charge is -2.22. The largest absolute Gasteiger partial charge is 0.372 e. The van der Waals surface area contributed by atoms with E-state index in [0.29, 0.717) is 0 Å². The van der Waals surface area contributed by atoms with Crippen molar-refractivity contribution in [2.45, 2.75) is 20.8 Å². The first-order valence-electron chi connectivity index (χ1n) is 3.62. The Hall–Kier alpha value is -0.720. The van der Waals surface area contributed by atoms with Crippen LogP contribution in [0.4, 0.5) is 0 Å². The van der Waals surface area contributed by atoms with Crippen LogP contribution in [0.2, 0.25) is 0 Å². The molecule has 0 aromatic carbocycles. The average Bonchev–Trinajstić information content (AvgIpc) is 1.81. The molecule has 0 N–H and O–H groups in total. The third kappa shape index (κ3) is 3.33. The van der Waals surface area contributed by atoms with Gasteiger partial charge in [0.15, 0.2) is 0 Å². The van der Waals surface area contributed by atoms with E-state index >= 15 is 0 Å². The highest BCUT2D eigenvalue weighted by Crippen LogP contribution is 2.02. The molecule has 0 aromatic heterocycles. The first-order chi connectivity index (χ1) is 4.57. The molecular formula is C9H17N. The Balaban J connectivity index is 3.83. The van der Waals surface area contributed by atoms with Crippen LogP contribution in [0.1, 0.15) is 20.8 Å². The van der Waals surface area contributed by atoms with Gasteiger partial charge in [-0.1, -0.05) is 18.7 Å². The topological polar surface area (TPSA) is 3.24 Å². The molecule has 0 radical (unpaired) electrons. The van der Waals surface area contributed by atoms with Gasteiger partial charge in [0.1, 0.15) is 0 Å². The summed E-state index contributed by atoms with van der Waals surface area (Å²) in [4.78, 5) is 2.20. The Kier molecular flexibility index (Phi) is 3.85. The van der Waals surface area contributed by atoms with E-state index in [1.54, 1.807) is 0 Å². The molecule has 0 aromatic rings. The zero-order chi connectivity index (χ0) is 8.15. The molecule has 0 fully saturated rings. The molecule has 0 heterocycles. The number of rotatable bonds is 4. The van der Waals surface area contributed by atoms with Crippen molar-refractivity contribution in [3.05, 3.63) is 24.4 Å². The SMILES string of the molecule is C=C(C)CN(CC)C(=C)C. The van der Waals surface area contributed by atoms with Gasteiger partial charge >= 0.3 is 0 Å². The lowest BCUT2D eigenvalue weighted by molar-refractivity contribution is 0.395. The van der Waals surface area contributed by atoms with E-state index in [4.69, 9.17) is 0 Å². The van der Waals surface area contributed by atoms with E-state index < -0.39 is 0 Å². The van der Waals surface area contributed by atoms with Gasteiger partial charge in [-0.05, 0) is 20.8 Å². The second kappa shape index (κ2) is 4.15. The lowest BCUT2D eigenvalue weighted by atomic mass is 10.3. The molecule has 0 aliphatic carbocycles. The van der Waals surface area contributed by atoms with Crippen molar-refractivity contribution in [1.29, 1.82) is 0 Å². The summed E-state index contributed by atoms with van der Waals surface area (Å²) in [7, 11) is 0. The van der Waals surface area contributed by atoms with Crippen molar-refractivity contribution in [3.63, 3.8) is 0 Å². The van der Waals surface area contributed by atoms with Gasteiger partial charge in [0.2, 0.25) is 0 Å². The van der Waals surface area contributed by atoms with E-state index in [2.05, 4.69) is 25.0 Å². The minimum atomic E-state index is 0.936. The van der Waals surface area contributed by atoms with Crippen LogP contribution in [0.25, 0.3) is 0 Å². The minimum Gasteiger partial charge on any atom is -0.372 e. The molecule has 10 heavy (non-hydrogen) atoms. The van der Waals surface area contributed by atoms with Crippen molar-refractivity contribution in [3.8, 4) is 0 Å². The van der Waals surface area contributed by atoms with E-state index in [1.165, 1.54) is 5.57 Å². The molecule has 0 aliphatic heterocycles. The van der Waals surface area contributed by atoms with Crippen LogP contribution in [0.15, 0.2) is 24.4 Å². The number of hydrogen-bond donors (Lipinski definition) is 0. The van der Waals surface area contributed by atoms with Crippen molar-refractivity contribution < 1.29 is 0 Å². The normalized spacial score (nSPS) is 9.10. The van der Waals surface area contributed by atoms with E-state index in [0.717, 1.165) is 18.8 Å². The summed E-state index contributed by atoms with van der Waals surface area (Å²) >= 11 is 0. The van der Waals surface area contributed by atoms with Gasteiger partial charge in [-0.15, -0.1) is 0 Å². The first-order valence-corrected chi connectivity index (χ1v) is 3.62. The van der Waals surface area contributed by atoms with Gasteiger partial charge in [0.25, 0.3) is 0 Å². The fourth-order valence-corrected chi connectivity index (χ4v) is 0.842.